The Labute approximate surface area is 214 Å². The van der Waals surface area contributed by atoms with Gasteiger partial charge in [0.1, 0.15) is 0 Å². The third-order valence-corrected chi connectivity index (χ3v) is 11.4. The van der Waals surface area contributed by atoms with E-state index < -0.39 is 20.0 Å². The summed E-state index contributed by atoms with van der Waals surface area (Å²) < 4.78 is 56.6. The highest BCUT2D eigenvalue weighted by Gasteiger charge is 2.36. The molecule has 2 aromatic rings. The van der Waals surface area contributed by atoms with Crippen molar-refractivity contribution in [2.45, 2.75) is 50.3 Å². The SMILES string of the molecule is CC1CC(C)CN(S(=O)(=O)c2ccc3c(c2)C(=O)c2cc(S(=O)(=O)N4CC(C)CC(C)C4)ccc2-3)C1. The van der Waals surface area contributed by atoms with E-state index in [1.165, 1.54) is 20.7 Å². The number of hydrogen-bond acceptors (Lipinski definition) is 5. The van der Waals surface area contributed by atoms with Crippen LogP contribution in [0, 0.1) is 23.7 Å². The lowest BCUT2D eigenvalue weighted by atomic mass is 9.94. The van der Waals surface area contributed by atoms with Gasteiger partial charge in [-0.3, -0.25) is 4.79 Å². The average molecular weight is 531 g/mol. The molecule has 2 aromatic carbocycles. The van der Waals surface area contributed by atoms with Crippen LogP contribution in [0.4, 0.5) is 0 Å². The lowest BCUT2D eigenvalue weighted by Crippen LogP contribution is -2.42. The molecule has 1 aliphatic carbocycles. The van der Waals surface area contributed by atoms with Crippen molar-refractivity contribution in [3.63, 3.8) is 0 Å². The standard InChI is InChI=1S/C27H34N2O5S2/c1-17-9-18(2)14-28(13-17)35(31,32)21-5-7-23-24-8-6-22(12-26(24)27(30)25(23)11-21)36(33,34)29-15-19(3)10-20(4)16-29/h5-8,11-12,17-20H,9-10,13-16H2,1-4H3. The van der Waals surface area contributed by atoms with E-state index in [1.54, 1.807) is 24.3 Å². The van der Waals surface area contributed by atoms with Crippen molar-refractivity contribution in [2.75, 3.05) is 26.2 Å². The first kappa shape index (κ1) is 25.6. The molecule has 2 heterocycles. The Morgan fingerprint density at radius 3 is 1.25 bits per heavy atom. The number of carbonyl (C=O) groups is 1. The highest BCUT2D eigenvalue weighted by Crippen LogP contribution is 2.40. The van der Waals surface area contributed by atoms with Gasteiger partial charge in [0.2, 0.25) is 20.0 Å². The molecular formula is C27H34N2O5S2. The van der Waals surface area contributed by atoms with Crippen molar-refractivity contribution < 1.29 is 21.6 Å². The molecule has 3 aliphatic rings. The molecule has 0 saturated carbocycles. The van der Waals surface area contributed by atoms with Crippen LogP contribution in [0.1, 0.15) is 56.5 Å². The Bertz CT molecular complexity index is 1310. The summed E-state index contributed by atoms with van der Waals surface area (Å²) in [5, 5.41) is 0. The molecule has 2 saturated heterocycles. The van der Waals surface area contributed by atoms with Crippen molar-refractivity contribution in [3.8, 4) is 11.1 Å². The Morgan fingerprint density at radius 2 is 0.917 bits per heavy atom. The Hall–Kier alpha value is -2.07. The molecule has 0 amide bonds. The number of hydrogen-bond donors (Lipinski definition) is 0. The average Bonchev–Trinajstić information content (AvgIpc) is 3.09. The molecule has 4 atom stereocenters. The van der Waals surface area contributed by atoms with Gasteiger partial charge < -0.3 is 0 Å². The Morgan fingerprint density at radius 1 is 0.583 bits per heavy atom. The number of benzene rings is 2. The second-order valence-corrected chi connectivity index (χ2v) is 15.2. The van der Waals surface area contributed by atoms with E-state index in [0.717, 1.165) is 12.8 Å². The molecular weight excluding hydrogens is 496 g/mol. The van der Waals surface area contributed by atoms with Crippen LogP contribution in [0.5, 0.6) is 0 Å². The van der Waals surface area contributed by atoms with E-state index in [4.69, 9.17) is 0 Å². The van der Waals surface area contributed by atoms with E-state index in [0.29, 0.717) is 48.4 Å². The van der Waals surface area contributed by atoms with Crippen molar-refractivity contribution >= 4 is 25.8 Å². The lowest BCUT2D eigenvalue weighted by Gasteiger charge is -2.34. The zero-order valence-corrected chi connectivity index (χ0v) is 22.9. The van der Waals surface area contributed by atoms with Crippen LogP contribution in [0.3, 0.4) is 0 Å². The van der Waals surface area contributed by atoms with E-state index in [-0.39, 0.29) is 39.2 Å². The first-order valence-electron chi connectivity index (χ1n) is 12.7. The van der Waals surface area contributed by atoms with E-state index in [2.05, 4.69) is 27.7 Å². The number of nitrogens with zero attached hydrogens (tertiary/aromatic N) is 2. The van der Waals surface area contributed by atoms with Gasteiger partial charge in [0.15, 0.2) is 5.78 Å². The number of rotatable bonds is 4. The lowest BCUT2D eigenvalue weighted by molar-refractivity contribution is 0.104. The Balaban J connectivity index is 1.47. The third-order valence-electron chi connectivity index (χ3n) is 7.71. The molecule has 36 heavy (non-hydrogen) atoms. The summed E-state index contributed by atoms with van der Waals surface area (Å²) in [7, 11) is -7.48. The molecule has 0 bridgehead atoms. The molecule has 9 heteroatoms. The summed E-state index contributed by atoms with van der Waals surface area (Å²) in [4.78, 5) is 13.6. The van der Waals surface area contributed by atoms with Gasteiger partial charge in [0, 0.05) is 37.3 Å². The first-order chi connectivity index (χ1) is 16.9. The molecule has 0 N–H and O–H groups in total. The van der Waals surface area contributed by atoms with Crippen LogP contribution in [-0.2, 0) is 20.0 Å². The number of carbonyl (C=O) groups excluding carboxylic acids is 1. The normalized spacial score (nSPS) is 27.6. The van der Waals surface area contributed by atoms with Gasteiger partial charge in [-0.05, 0) is 71.9 Å². The minimum absolute atomic E-state index is 0.104. The summed E-state index contributed by atoms with van der Waals surface area (Å²) in [6, 6.07) is 9.37. The van der Waals surface area contributed by atoms with Crippen LogP contribution < -0.4 is 0 Å². The van der Waals surface area contributed by atoms with Crippen molar-refractivity contribution in [1.82, 2.24) is 8.61 Å². The summed E-state index contributed by atoms with van der Waals surface area (Å²) in [5.41, 5.74) is 1.88. The van der Waals surface area contributed by atoms with E-state index in [1.807, 2.05) is 0 Å². The van der Waals surface area contributed by atoms with Crippen LogP contribution in [0.25, 0.3) is 11.1 Å². The largest absolute Gasteiger partial charge is 0.289 e. The molecule has 0 aromatic heterocycles. The maximum Gasteiger partial charge on any atom is 0.243 e. The topological polar surface area (TPSA) is 91.8 Å². The van der Waals surface area contributed by atoms with Gasteiger partial charge in [-0.15, -0.1) is 0 Å². The molecule has 0 radical (unpaired) electrons. The minimum Gasteiger partial charge on any atom is -0.289 e. The summed E-state index contributed by atoms with van der Waals surface area (Å²) in [6.45, 7) is 10.1. The highest BCUT2D eigenvalue weighted by molar-refractivity contribution is 7.89. The fourth-order valence-corrected chi connectivity index (χ4v) is 9.67. The maximum absolute atomic E-state index is 13.4. The van der Waals surface area contributed by atoms with Gasteiger partial charge in [-0.25, -0.2) is 16.8 Å². The van der Waals surface area contributed by atoms with Crippen LogP contribution in [-0.4, -0.2) is 57.4 Å². The number of ketones is 1. The van der Waals surface area contributed by atoms with Crippen LogP contribution in [0.2, 0.25) is 0 Å². The quantitative estimate of drug-likeness (QED) is 0.503. The van der Waals surface area contributed by atoms with Gasteiger partial charge in [0.25, 0.3) is 0 Å². The summed E-state index contributed by atoms with van der Waals surface area (Å²) in [6.07, 6.45) is 1.98. The smallest absolute Gasteiger partial charge is 0.243 e. The van der Waals surface area contributed by atoms with E-state index in [9.17, 15) is 21.6 Å². The van der Waals surface area contributed by atoms with Crippen LogP contribution >= 0.6 is 0 Å². The molecule has 4 unspecified atom stereocenters. The zero-order valence-electron chi connectivity index (χ0n) is 21.3. The van der Waals surface area contributed by atoms with Gasteiger partial charge in [-0.2, -0.15) is 8.61 Å². The summed E-state index contributed by atoms with van der Waals surface area (Å²) in [5.74, 6) is 0.755. The maximum atomic E-state index is 13.4. The fraction of sp³-hybridized carbons (Fsp3) is 0.519. The fourth-order valence-electron chi connectivity index (χ4n) is 6.26. The first-order valence-corrected chi connectivity index (χ1v) is 15.6. The predicted octanol–water partition coefficient (Wildman–Crippen LogP) is 4.23. The van der Waals surface area contributed by atoms with Crippen molar-refractivity contribution in [2.24, 2.45) is 23.7 Å². The van der Waals surface area contributed by atoms with Gasteiger partial charge in [0.05, 0.1) is 9.79 Å². The zero-order chi connectivity index (χ0) is 26.0. The number of fused-ring (bicyclic) bond motifs is 3. The monoisotopic (exact) mass is 530 g/mol. The van der Waals surface area contributed by atoms with Crippen LogP contribution in [0.15, 0.2) is 46.2 Å². The number of piperidine rings is 2. The molecule has 7 nitrogen and oxygen atoms in total. The second-order valence-electron chi connectivity index (χ2n) is 11.3. The van der Waals surface area contributed by atoms with Gasteiger partial charge >= 0.3 is 0 Å². The molecule has 2 aliphatic heterocycles. The summed E-state index contributed by atoms with van der Waals surface area (Å²) >= 11 is 0. The molecule has 0 spiro atoms. The highest BCUT2D eigenvalue weighted by atomic mass is 32.2. The second kappa shape index (κ2) is 9.04. The predicted molar refractivity (Wildman–Crippen MR) is 139 cm³/mol. The molecule has 2 fully saturated rings. The molecule has 194 valence electrons. The van der Waals surface area contributed by atoms with Crippen molar-refractivity contribution in [3.05, 3.63) is 47.5 Å². The molecule has 5 rings (SSSR count). The minimum atomic E-state index is -3.74. The number of sulfonamides is 2. The third kappa shape index (κ3) is 4.34. The van der Waals surface area contributed by atoms with E-state index >= 15 is 0 Å². The van der Waals surface area contributed by atoms with Gasteiger partial charge in [-0.1, -0.05) is 39.8 Å². The Kier molecular flexibility index (Phi) is 6.42. The van der Waals surface area contributed by atoms with Crippen molar-refractivity contribution in [1.29, 1.82) is 0 Å².